The van der Waals surface area contributed by atoms with Gasteiger partial charge in [0.1, 0.15) is 0 Å². The highest BCUT2D eigenvalue weighted by Crippen LogP contribution is 2.05. The van der Waals surface area contributed by atoms with Crippen LogP contribution < -0.4 is 5.32 Å². The van der Waals surface area contributed by atoms with Crippen LogP contribution in [0.5, 0.6) is 0 Å². The highest BCUT2D eigenvalue weighted by Gasteiger charge is 2.15. The van der Waals surface area contributed by atoms with Crippen LogP contribution >= 0.6 is 0 Å². The molecule has 1 aliphatic rings. The first-order valence-electron chi connectivity index (χ1n) is 3.53. The Bertz CT molecular complexity index is 175. The Kier molecular flexibility index (Phi) is 2.30. The first-order valence-corrected chi connectivity index (χ1v) is 3.53. The van der Waals surface area contributed by atoms with E-state index in [-0.39, 0.29) is 5.96 Å². The van der Waals surface area contributed by atoms with Crippen molar-refractivity contribution in [3.63, 3.8) is 0 Å². The summed E-state index contributed by atoms with van der Waals surface area (Å²) in [6.07, 6.45) is 0.926. The lowest BCUT2D eigenvalue weighted by Crippen LogP contribution is -2.41. The monoisotopic (exact) mass is 157 g/mol. The Morgan fingerprint density at radius 2 is 2.00 bits per heavy atom. The van der Waals surface area contributed by atoms with Crippen molar-refractivity contribution in [3.8, 4) is 0 Å². The fourth-order valence-electron chi connectivity index (χ4n) is 1.12. The molecule has 0 radical (unpaired) electrons. The standard InChI is InChI=1S/C6H11N3O2/c7-5(8-6(10)11)9-3-1-2-4-9/h1-4H2,(H2,7,8)(H,10,11). The summed E-state index contributed by atoms with van der Waals surface area (Å²) in [5.41, 5.74) is 0. The largest absolute Gasteiger partial charge is 0.465 e. The fraction of sp³-hybridized carbons (Fsp3) is 0.667. The summed E-state index contributed by atoms with van der Waals surface area (Å²) in [5.74, 6) is -0.00463. The molecule has 0 aromatic rings. The number of rotatable bonds is 0. The molecule has 11 heavy (non-hydrogen) atoms. The lowest BCUT2D eigenvalue weighted by molar-refractivity contribution is 0.198. The molecule has 0 atom stereocenters. The number of nitrogens with one attached hydrogen (secondary N) is 2. The molecule has 0 spiro atoms. The van der Waals surface area contributed by atoms with Crippen molar-refractivity contribution >= 4 is 12.1 Å². The first kappa shape index (κ1) is 7.84. The van der Waals surface area contributed by atoms with E-state index in [2.05, 4.69) is 0 Å². The van der Waals surface area contributed by atoms with E-state index in [0.29, 0.717) is 0 Å². The van der Waals surface area contributed by atoms with E-state index < -0.39 is 6.09 Å². The van der Waals surface area contributed by atoms with Crippen LogP contribution in [0.4, 0.5) is 4.79 Å². The van der Waals surface area contributed by atoms with Crippen LogP contribution in [0.15, 0.2) is 0 Å². The number of amides is 1. The molecule has 0 aromatic carbocycles. The topological polar surface area (TPSA) is 76.4 Å². The van der Waals surface area contributed by atoms with Gasteiger partial charge in [-0.25, -0.2) is 4.79 Å². The highest BCUT2D eigenvalue weighted by molar-refractivity contribution is 5.91. The maximum atomic E-state index is 10.1. The molecule has 62 valence electrons. The Morgan fingerprint density at radius 1 is 1.45 bits per heavy atom. The lowest BCUT2D eigenvalue weighted by atomic mass is 10.4. The molecule has 0 aliphatic carbocycles. The van der Waals surface area contributed by atoms with Gasteiger partial charge < -0.3 is 10.0 Å². The lowest BCUT2D eigenvalue weighted by Gasteiger charge is -2.16. The van der Waals surface area contributed by atoms with Crippen LogP contribution in [-0.2, 0) is 0 Å². The van der Waals surface area contributed by atoms with E-state index in [1.165, 1.54) is 0 Å². The van der Waals surface area contributed by atoms with Crippen LogP contribution in [0.1, 0.15) is 12.8 Å². The van der Waals surface area contributed by atoms with Crippen LogP contribution in [0.2, 0.25) is 0 Å². The molecule has 1 fully saturated rings. The molecule has 0 unspecified atom stereocenters. The number of hydrogen-bond donors (Lipinski definition) is 3. The number of carboxylic acid groups (broad SMARTS) is 1. The van der Waals surface area contributed by atoms with E-state index in [1.54, 1.807) is 4.90 Å². The molecular formula is C6H11N3O2. The van der Waals surface area contributed by atoms with Gasteiger partial charge >= 0.3 is 6.09 Å². The molecule has 5 nitrogen and oxygen atoms in total. The summed E-state index contributed by atoms with van der Waals surface area (Å²) in [5, 5.41) is 17.5. The van der Waals surface area contributed by atoms with Gasteiger partial charge in [0.15, 0.2) is 0 Å². The van der Waals surface area contributed by atoms with Gasteiger partial charge in [0, 0.05) is 13.1 Å². The molecule has 1 rings (SSSR count). The normalized spacial score (nSPS) is 16.5. The van der Waals surface area contributed by atoms with Crippen LogP contribution in [0.3, 0.4) is 0 Å². The highest BCUT2D eigenvalue weighted by atomic mass is 16.4. The third kappa shape index (κ3) is 2.10. The number of likely N-dealkylation sites (tertiary alicyclic amines) is 1. The maximum absolute atomic E-state index is 10.1. The van der Waals surface area contributed by atoms with Crippen molar-refractivity contribution in [1.82, 2.24) is 10.2 Å². The first-order chi connectivity index (χ1) is 5.20. The van der Waals surface area contributed by atoms with Crippen LogP contribution in [-0.4, -0.2) is 35.1 Å². The van der Waals surface area contributed by atoms with E-state index in [9.17, 15) is 4.79 Å². The molecule has 3 N–H and O–H groups in total. The third-order valence-electron chi connectivity index (χ3n) is 1.65. The SMILES string of the molecule is N=C(NC(=O)O)N1CCCC1. The molecule has 5 heteroatoms. The minimum atomic E-state index is -1.16. The van der Waals surface area contributed by atoms with Crippen molar-refractivity contribution in [2.75, 3.05) is 13.1 Å². The minimum absolute atomic E-state index is 0.00463. The van der Waals surface area contributed by atoms with Crippen LogP contribution in [0.25, 0.3) is 0 Å². The predicted molar refractivity (Wildman–Crippen MR) is 39.7 cm³/mol. The zero-order valence-electron chi connectivity index (χ0n) is 6.13. The average molecular weight is 157 g/mol. The van der Waals surface area contributed by atoms with Gasteiger partial charge in [-0.15, -0.1) is 0 Å². The number of hydrogen-bond acceptors (Lipinski definition) is 2. The average Bonchev–Trinajstić information content (AvgIpc) is 2.35. The van der Waals surface area contributed by atoms with Crippen molar-refractivity contribution in [2.24, 2.45) is 0 Å². The number of carbonyl (C=O) groups is 1. The zero-order chi connectivity index (χ0) is 8.27. The smallest absolute Gasteiger partial charge is 0.411 e. The molecule has 1 heterocycles. The summed E-state index contributed by atoms with van der Waals surface area (Å²) in [6, 6.07) is 0. The fourth-order valence-corrected chi connectivity index (χ4v) is 1.12. The summed E-state index contributed by atoms with van der Waals surface area (Å²) in [4.78, 5) is 11.8. The second kappa shape index (κ2) is 3.23. The Morgan fingerprint density at radius 3 is 2.45 bits per heavy atom. The molecule has 0 saturated carbocycles. The van der Waals surface area contributed by atoms with Crippen molar-refractivity contribution in [1.29, 1.82) is 5.41 Å². The van der Waals surface area contributed by atoms with Gasteiger partial charge in [-0.2, -0.15) is 0 Å². The van der Waals surface area contributed by atoms with E-state index in [0.717, 1.165) is 25.9 Å². The molecule has 1 aliphatic heterocycles. The molecule has 1 saturated heterocycles. The van der Waals surface area contributed by atoms with Crippen molar-refractivity contribution in [2.45, 2.75) is 12.8 Å². The van der Waals surface area contributed by atoms with Crippen molar-refractivity contribution < 1.29 is 9.90 Å². The Hall–Kier alpha value is -1.26. The summed E-state index contributed by atoms with van der Waals surface area (Å²) in [6.45, 7) is 1.58. The third-order valence-corrected chi connectivity index (χ3v) is 1.65. The second-order valence-corrected chi connectivity index (χ2v) is 2.47. The minimum Gasteiger partial charge on any atom is -0.465 e. The quantitative estimate of drug-likeness (QED) is 0.349. The zero-order valence-corrected chi connectivity index (χ0v) is 6.13. The number of nitrogens with zero attached hydrogens (tertiary/aromatic N) is 1. The predicted octanol–water partition coefficient (Wildman–Crippen LogP) is 0.285. The van der Waals surface area contributed by atoms with Gasteiger partial charge in [0.2, 0.25) is 5.96 Å². The van der Waals surface area contributed by atoms with Crippen LogP contribution in [0, 0.1) is 5.41 Å². The van der Waals surface area contributed by atoms with E-state index >= 15 is 0 Å². The summed E-state index contributed by atoms with van der Waals surface area (Å²) in [7, 11) is 0. The molecule has 0 aromatic heterocycles. The Labute approximate surface area is 64.5 Å². The van der Waals surface area contributed by atoms with E-state index in [1.807, 2.05) is 5.32 Å². The Balaban J connectivity index is 2.34. The second-order valence-electron chi connectivity index (χ2n) is 2.47. The summed E-state index contributed by atoms with van der Waals surface area (Å²) >= 11 is 0. The molecular weight excluding hydrogens is 146 g/mol. The van der Waals surface area contributed by atoms with Gasteiger partial charge in [-0.1, -0.05) is 0 Å². The molecule has 0 bridgehead atoms. The number of guanidine groups is 1. The maximum Gasteiger partial charge on any atom is 0.411 e. The van der Waals surface area contributed by atoms with Gasteiger partial charge in [0.05, 0.1) is 0 Å². The van der Waals surface area contributed by atoms with Gasteiger partial charge in [-0.05, 0) is 12.8 Å². The molecule has 1 amide bonds. The summed E-state index contributed by atoms with van der Waals surface area (Å²) < 4.78 is 0. The van der Waals surface area contributed by atoms with Crippen molar-refractivity contribution in [3.05, 3.63) is 0 Å². The van der Waals surface area contributed by atoms with E-state index in [4.69, 9.17) is 10.5 Å². The van der Waals surface area contributed by atoms with Gasteiger partial charge in [0.25, 0.3) is 0 Å². The van der Waals surface area contributed by atoms with Gasteiger partial charge in [-0.3, -0.25) is 10.7 Å².